The first kappa shape index (κ1) is 13.2. The van der Waals surface area contributed by atoms with Crippen molar-refractivity contribution in [3.63, 3.8) is 0 Å². The molecule has 10 heteroatoms. The van der Waals surface area contributed by atoms with Gasteiger partial charge >= 0.3 is 5.51 Å². The van der Waals surface area contributed by atoms with Crippen LogP contribution >= 0.6 is 0 Å². The minimum Gasteiger partial charge on any atom is -0.393 e. The highest BCUT2D eigenvalue weighted by molar-refractivity contribution is 7.92. The maximum Gasteiger partial charge on any atom is 0.501 e. The highest BCUT2D eigenvalue weighted by Gasteiger charge is 2.47. The van der Waals surface area contributed by atoms with Gasteiger partial charge in [0.15, 0.2) is 0 Å². The van der Waals surface area contributed by atoms with Crippen molar-refractivity contribution >= 4 is 21.2 Å². The molecule has 1 rings (SSSR count). The van der Waals surface area contributed by atoms with E-state index < -0.39 is 36.5 Å². The first-order valence-electron chi connectivity index (χ1n) is 3.92. The van der Waals surface area contributed by atoms with Crippen LogP contribution in [0.2, 0.25) is 0 Å². The molecule has 0 unspecified atom stereocenters. The molecule has 0 saturated heterocycles. The Balaban J connectivity index is 3.39. The Morgan fingerprint density at radius 1 is 1.29 bits per heavy atom. The zero-order valence-electron chi connectivity index (χ0n) is 7.93. The summed E-state index contributed by atoms with van der Waals surface area (Å²) in [7, 11) is -5.54. The van der Waals surface area contributed by atoms with E-state index in [9.17, 15) is 31.7 Å². The number of halogens is 3. The van der Waals surface area contributed by atoms with Crippen molar-refractivity contribution in [3.05, 3.63) is 28.3 Å². The van der Waals surface area contributed by atoms with Crippen LogP contribution in [0, 0.1) is 10.1 Å². The first-order valence-corrected chi connectivity index (χ1v) is 5.41. The lowest BCUT2D eigenvalue weighted by molar-refractivity contribution is -0.383. The molecule has 0 aliphatic carbocycles. The van der Waals surface area contributed by atoms with Crippen LogP contribution in [0.3, 0.4) is 0 Å². The van der Waals surface area contributed by atoms with Crippen molar-refractivity contribution in [2.75, 3.05) is 5.73 Å². The molecule has 2 N–H and O–H groups in total. The average Bonchev–Trinajstić information content (AvgIpc) is 2.14. The highest BCUT2D eigenvalue weighted by Crippen LogP contribution is 2.33. The number of alkyl halides is 3. The van der Waals surface area contributed by atoms with Crippen molar-refractivity contribution in [2.24, 2.45) is 0 Å². The summed E-state index contributed by atoms with van der Waals surface area (Å²) in [6, 6.07) is 1.49. The molecule has 0 amide bonds. The van der Waals surface area contributed by atoms with Gasteiger partial charge in [0.2, 0.25) is 0 Å². The number of hydrogen-bond donors (Lipinski definition) is 1. The van der Waals surface area contributed by atoms with E-state index in [2.05, 4.69) is 0 Å². The van der Waals surface area contributed by atoms with Crippen molar-refractivity contribution in [3.8, 4) is 0 Å². The van der Waals surface area contributed by atoms with Gasteiger partial charge in [-0.3, -0.25) is 10.1 Å². The summed E-state index contributed by atoms with van der Waals surface area (Å²) >= 11 is 0. The molecular weight excluding hydrogens is 265 g/mol. The van der Waals surface area contributed by atoms with Crippen LogP contribution in [-0.4, -0.2) is 18.8 Å². The van der Waals surface area contributed by atoms with Gasteiger partial charge in [-0.05, 0) is 12.1 Å². The Kier molecular flexibility index (Phi) is 3.01. The summed E-state index contributed by atoms with van der Waals surface area (Å²) in [5, 5.41) is 10.3. The van der Waals surface area contributed by atoms with Crippen molar-refractivity contribution in [2.45, 2.75) is 10.4 Å². The van der Waals surface area contributed by atoms with E-state index in [1.165, 1.54) is 0 Å². The number of nitro benzene ring substituents is 1. The van der Waals surface area contributed by atoms with E-state index in [1.54, 1.807) is 0 Å². The number of hydrogen-bond acceptors (Lipinski definition) is 5. The summed E-state index contributed by atoms with van der Waals surface area (Å²) in [4.78, 5) is 8.27. The number of benzene rings is 1. The third-order valence-corrected chi connectivity index (χ3v) is 3.29. The number of sulfone groups is 1. The molecular formula is C7H5F3N2O4S. The molecule has 0 saturated carbocycles. The van der Waals surface area contributed by atoms with Gasteiger partial charge in [0.1, 0.15) is 5.69 Å². The molecule has 1 aromatic carbocycles. The Morgan fingerprint density at radius 3 is 2.18 bits per heavy atom. The van der Waals surface area contributed by atoms with Crippen LogP contribution in [0.15, 0.2) is 23.1 Å². The molecule has 0 spiro atoms. The number of rotatable bonds is 2. The third-order valence-electron chi connectivity index (χ3n) is 1.81. The quantitative estimate of drug-likeness (QED) is 0.498. The zero-order valence-corrected chi connectivity index (χ0v) is 8.75. The van der Waals surface area contributed by atoms with Crippen LogP contribution in [0.5, 0.6) is 0 Å². The van der Waals surface area contributed by atoms with Gasteiger partial charge in [0, 0.05) is 6.07 Å². The molecule has 0 bridgehead atoms. The second-order valence-electron chi connectivity index (χ2n) is 2.93. The van der Waals surface area contributed by atoms with Crippen molar-refractivity contribution < 1.29 is 26.5 Å². The Morgan fingerprint density at radius 2 is 1.82 bits per heavy atom. The van der Waals surface area contributed by atoms with E-state index in [1.807, 2.05) is 0 Å². The Bertz CT molecular complexity index is 567. The Labute approximate surface area is 92.9 Å². The molecule has 1 aromatic rings. The minimum atomic E-state index is -5.54. The maximum absolute atomic E-state index is 12.1. The van der Waals surface area contributed by atoms with Gasteiger partial charge in [0.05, 0.1) is 9.82 Å². The van der Waals surface area contributed by atoms with Gasteiger partial charge in [-0.1, -0.05) is 0 Å². The van der Waals surface area contributed by atoms with Crippen molar-refractivity contribution in [1.29, 1.82) is 0 Å². The lowest BCUT2D eigenvalue weighted by Crippen LogP contribution is -2.23. The van der Waals surface area contributed by atoms with Gasteiger partial charge in [-0.15, -0.1) is 0 Å². The smallest absolute Gasteiger partial charge is 0.393 e. The highest BCUT2D eigenvalue weighted by atomic mass is 32.2. The van der Waals surface area contributed by atoms with Crippen LogP contribution in [-0.2, 0) is 9.84 Å². The number of nitrogen functional groups attached to an aromatic ring is 1. The fraction of sp³-hybridized carbons (Fsp3) is 0.143. The summed E-state index contributed by atoms with van der Waals surface area (Å²) in [5.41, 5.74) is -1.70. The Hall–Kier alpha value is -1.84. The monoisotopic (exact) mass is 270 g/mol. The number of anilines is 1. The van der Waals surface area contributed by atoms with Crippen LogP contribution < -0.4 is 5.73 Å². The molecule has 0 fully saturated rings. The maximum atomic E-state index is 12.1. The predicted molar refractivity (Wildman–Crippen MR) is 50.7 cm³/mol. The molecule has 0 atom stereocenters. The molecule has 0 aliphatic heterocycles. The second-order valence-corrected chi connectivity index (χ2v) is 4.87. The van der Waals surface area contributed by atoms with Gasteiger partial charge in [0.25, 0.3) is 15.5 Å². The largest absolute Gasteiger partial charge is 0.501 e. The number of nitro groups is 1. The van der Waals surface area contributed by atoms with E-state index in [0.717, 1.165) is 0 Å². The number of nitrogens with zero attached hydrogens (tertiary/aromatic N) is 1. The average molecular weight is 270 g/mol. The fourth-order valence-electron chi connectivity index (χ4n) is 1.000. The first-order chi connectivity index (χ1) is 7.57. The molecule has 17 heavy (non-hydrogen) atoms. The second kappa shape index (κ2) is 3.87. The van der Waals surface area contributed by atoms with Crippen LogP contribution in [0.1, 0.15) is 0 Å². The molecule has 0 aromatic heterocycles. The SMILES string of the molecule is Nc1cc(S(=O)(=O)C(F)(F)F)ccc1[N+](=O)[O-]. The van der Waals surface area contributed by atoms with E-state index in [0.29, 0.717) is 18.2 Å². The predicted octanol–water partition coefficient (Wildman–Crippen LogP) is 1.47. The van der Waals surface area contributed by atoms with E-state index >= 15 is 0 Å². The summed E-state index contributed by atoms with van der Waals surface area (Å²) < 4.78 is 58.3. The summed E-state index contributed by atoms with van der Waals surface area (Å²) in [6.07, 6.45) is 0. The topological polar surface area (TPSA) is 103 Å². The van der Waals surface area contributed by atoms with Crippen molar-refractivity contribution in [1.82, 2.24) is 0 Å². The standard InChI is InChI=1S/C7H5F3N2O4S/c8-7(9,10)17(15,16)4-1-2-6(12(13)14)5(11)3-4/h1-3H,11H2. The summed E-state index contributed by atoms with van der Waals surface area (Å²) in [5.74, 6) is 0. The van der Waals surface area contributed by atoms with Crippen LogP contribution in [0.4, 0.5) is 24.5 Å². The van der Waals surface area contributed by atoms with Crippen LogP contribution in [0.25, 0.3) is 0 Å². The lowest BCUT2D eigenvalue weighted by atomic mass is 10.3. The molecule has 0 heterocycles. The minimum absolute atomic E-state index is 0.404. The number of nitrogens with two attached hydrogens (primary N) is 1. The zero-order chi connectivity index (χ0) is 13.4. The van der Waals surface area contributed by atoms with Gasteiger partial charge in [-0.25, -0.2) is 8.42 Å². The molecule has 0 radical (unpaired) electrons. The molecule has 6 nitrogen and oxygen atoms in total. The molecule has 94 valence electrons. The molecule has 0 aliphatic rings. The third kappa shape index (κ3) is 2.30. The van der Waals surface area contributed by atoms with E-state index in [4.69, 9.17) is 5.73 Å². The van der Waals surface area contributed by atoms with Gasteiger partial charge in [-0.2, -0.15) is 13.2 Å². The normalized spacial score (nSPS) is 12.4. The fourth-order valence-corrected chi connectivity index (χ4v) is 1.80. The van der Waals surface area contributed by atoms with Gasteiger partial charge < -0.3 is 5.73 Å². The lowest BCUT2D eigenvalue weighted by Gasteiger charge is -2.08. The summed E-state index contributed by atoms with van der Waals surface area (Å²) in [6.45, 7) is 0. The van der Waals surface area contributed by atoms with E-state index in [-0.39, 0.29) is 0 Å².